The van der Waals surface area contributed by atoms with E-state index in [1.807, 2.05) is 6.92 Å². The molecule has 8 heteroatoms. The monoisotopic (exact) mass is 324 g/mol. The van der Waals surface area contributed by atoms with E-state index in [9.17, 15) is 21.6 Å². The number of hydrogen-bond acceptors (Lipinski definition) is 3. The zero-order valence-electron chi connectivity index (χ0n) is 11.7. The molecule has 0 saturated heterocycles. The summed E-state index contributed by atoms with van der Waals surface area (Å²) in [5.74, 6) is 0. The van der Waals surface area contributed by atoms with Gasteiger partial charge in [0.25, 0.3) is 0 Å². The molecule has 0 unspecified atom stereocenters. The highest BCUT2D eigenvalue weighted by Crippen LogP contribution is 2.21. The van der Waals surface area contributed by atoms with Crippen LogP contribution in [0, 0.1) is 0 Å². The van der Waals surface area contributed by atoms with Gasteiger partial charge in [0.2, 0.25) is 10.0 Å². The van der Waals surface area contributed by atoms with Crippen molar-refractivity contribution in [3.05, 3.63) is 29.8 Å². The first-order valence-corrected chi connectivity index (χ1v) is 8.09. The fourth-order valence-corrected chi connectivity index (χ4v) is 3.06. The van der Waals surface area contributed by atoms with Gasteiger partial charge < -0.3 is 5.32 Å². The minimum atomic E-state index is -4.27. The molecule has 0 spiro atoms. The lowest BCUT2D eigenvalue weighted by Gasteiger charge is -2.12. The molecule has 4 nitrogen and oxygen atoms in total. The summed E-state index contributed by atoms with van der Waals surface area (Å²) in [5, 5.41) is 3.02. The Morgan fingerprint density at radius 3 is 2.48 bits per heavy atom. The van der Waals surface area contributed by atoms with Gasteiger partial charge in [-0.3, -0.25) is 0 Å². The Morgan fingerprint density at radius 1 is 1.19 bits per heavy atom. The molecule has 0 fully saturated rings. The Kier molecular flexibility index (Phi) is 6.63. The smallest absolute Gasteiger partial charge is 0.313 e. The van der Waals surface area contributed by atoms with E-state index in [4.69, 9.17) is 0 Å². The van der Waals surface area contributed by atoms with Gasteiger partial charge in [0.05, 0.1) is 4.90 Å². The summed E-state index contributed by atoms with van der Waals surface area (Å²) in [6, 6.07) is 6.42. The van der Waals surface area contributed by atoms with Crippen molar-refractivity contribution in [1.82, 2.24) is 10.0 Å². The van der Waals surface area contributed by atoms with Crippen LogP contribution in [0.3, 0.4) is 0 Å². The lowest BCUT2D eigenvalue weighted by molar-refractivity contribution is -0.135. The molecule has 0 heterocycles. The zero-order chi connectivity index (χ0) is 15.9. The molecule has 0 aliphatic heterocycles. The van der Waals surface area contributed by atoms with E-state index < -0.39 is 22.6 Å². The third kappa shape index (κ3) is 6.45. The minimum Gasteiger partial charge on any atom is -0.313 e. The predicted octanol–water partition coefficient (Wildman–Crippen LogP) is 2.42. The van der Waals surface area contributed by atoms with E-state index >= 15 is 0 Å². The predicted molar refractivity (Wildman–Crippen MR) is 74.3 cm³/mol. The van der Waals surface area contributed by atoms with Gasteiger partial charge in [-0.1, -0.05) is 25.1 Å². The SMILES string of the molecule is CCNCc1ccccc1S(=O)(=O)NCCCC(F)(F)F. The first-order valence-electron chi connectivity index (χ1n) is 6.61. The largest absolute Gasteiger partial charge is 0.389 e. The molecular weight excluding hydrogens is 305 g/mol. The second-order valence-corrected chi connectivity index (χ2v) is 6.24. The van der Waals surface area contributed by atoms with Crippen LogP contribution in [-0.2, 0) is 16.6 Å². The second kappa shape index (κ2) is 7.77. The summed E-state index contributed by atoms with van der Waals surface area (Å²) in [5.41, 5.74) is 0.586. The van der Waals surface area contributed by atoms with Crippen LogP contribution in [0.1, 0.15) is 25.3 Å². The Labute approximate surface area is 122 Å². The Morgan fingerprint density at radius 2 is 1.86 bits per heavy atom. The summed E-state index contributed by atoms with van der Waals surface area (Å²) in [6.07, 6.45) is -5.55. The maximum Gasteiger partial charge on any atom is 0.389 e. The van der Waals surface area contributed by atoms with Crippen molar-refractivity contribution >= 4 is 10.0 Å². The van der Waals surface area contributed by atoms with E-state index in [2.05, 4.69) is 10.0 Å². The Bertz CT molecular complexity index is 545. The number of alkyl halides is 3. The van der Waals surface area contributed by atoms with Crippen molar-refractivity contribution in [3.8, 4) is 0 Å². The summed E-state index contributed by atoms with van der Waals surface area (Å²) in [7, 11) is -3.80. The number of rotatable bonds is 8. The highest BCUT2D eigenvalue weighted by atomic mass is 32.2. The van der Waals surface area contributed by atoms with Crippen molar-refractivity contribution in [1.29, 1.82) is 0 Å². The van der Waals surface area contributed by atoms with E-state index in [1.165, 1.54) is 6.07 Å². The van der Waals surface area contributed by atoms with Crippen LogP contribution in [0.4, 0.5) is 13.2 Å². The molecule has 0 aromatic heterocycles. The average Bonchev–Trinajstić information content (AvgIpc) is 2.41. The molecule has 0 amide bonds. The molecule has 1 rings (SSSR count). The van der Waals surface area contributed by atoms with Crippen LogP contribution in [0.2, 0.25) is 0 Å². The second-order valence-electron chi connectivity index (χ2n) is 4.50. The number of halogens is 3. The van der Waals surface area contributed by atoms with E-state index in [-0.39, 0.29) is 17.9 Å². The van der Waals surface area contributed by atoms with Crippen LogP contribution >= 0.6 is 0 Å². The molecule has 0 aliphatic carbocycles. The first kappa shape index (κ1) is 17.9. The van der Waals surface area contributed by atoms with Crippen molar-refractivity contribution in [2.24, 2.45) is 0 Å². The van der Waals surface area contributed by atoms with Gasteiger partial charge in [-0.25, -0.2) is 13.1 Å². The maximum absolute atomic E-state index is 12.1. The van der Waals surface area contributed by atoms with Crippen LogP contribution in [0.15, 0.2) is 29.2 Å². The van der Waals surface area contributed by atoms with Gasteiger partial charge >= 0.3 is 6.18 Å². The topological polar surface area (TPSA) is 58.2 Å². The van der Waals surface area contributed by atoms with Gasteiger partial charge in [0, 0.05) is 19.5 Å². The fraction of sp³-hybridized carbons (Fsp3) is 0.538. The highest BCUT2D eigenvalue weighted by molar-refractivity contribution is 7.89. The van der Waals surface area contributed by atoms with Crippen LogP contribution in [0.5, 0.6) is 0 Å². The molecule has 120 valence electrons. The standard InChI is InChI=1S/C13H19F3N2O2S/c1-2-17-10-11-6-3-4-7-12(11)21(19,20)18-9-5-8-13(14,15)16/h3-4,6-7,17-18H,2,5,8-10H2,1H3. The normalized spacial score (nSPS) is 12.6. The van der Waals surface area contributed by atoms with Crippen LogP contribution in [-0.4, -0.2) is 27.7 Å². The molecule has 0 atom stereocenters. The molecule has 0 bridgehead atoms. The van der Waals surface area contributed by atoms with E-state index in [1.54, 1.807) is 18.2 Å². The van der Waals surface area contributed by atoms with Crippen molar-refractivity contribution in [3.63, 3.8) is 0 Å². The number of sulfonamides is 1. The quantitative estimate of drug-likeness (QED) is 0.722. The molecule has 0 radical (unpaired) electrons. The summed E-state index contributed by atoms with van der Waals surface area (Å²) in [4.78, 5) is 0.0953. The first-order chi connectivity index (χ1) is 9.76. The minimum absolute atomic E-state index is 0.0953. The third-order valence-corrected chi connectivity index (χ3v) is 4.32. The zero-order valence-corrected chi connectivity index (χ0v) is 12.5. The third-order valence-electron chi connectivity index (χ3n) is 2.76. The average molecular weight is 324 g/mol. The summed E-state index contributed by atoms with van der Waals surface area (Å²) in [6.45, 7) is 2.73. The molecule has 21 heavy (non-hydrogen) atoms. The van der Waals surface area contributed by atoms with Crippen molar-refractivity contribution in [2.75, 3.05) is 13.1 Å². The van der Waals surface area contributed by atoms with Crippen LogP contribution in [0.25, 0.3) is 0 Å². The van der Waals surface area contributed by atoms with Crippen molar-refractivity contribution in [2.45, 2.75) is 37.4 Å². The van der Waals surface area contributed by atoms with Gasteiger partial charge in [-0.2, -0.15) is 13.2 Å². The Hall–Kier alpha value is -1.12. The molecule has 1 aromatic carbocycles. The van der Waals surface area contributed by atoms with Crippen molar-refractivity contribution < 1.29 is 21.6 Å². The highest BCUT2D eigenvalue weighted by Gasteiger charge is 2.26. The summed E-state index contributed by atoms with van der Waals surface area (Å²) >= 11 is 0. The molecular formula is C13H19F3N2O2S. The Balaban J connectivity index is 2.70. The molecule has 1 aromatic rings. The molecule has 0 aliphatic rings. The summed E-state index contributed by atoms with van der Waals surface area (Å²) < 4.78 is 62.5. The number of nitrogens with one attached hydrogen (secondary N) is 2. The number of hydrogen-bond donors (Lipinski definition) is 2. The van der Waals surface area contributed by atoms with Gasteiger partial charge in [-0.15, -0.1) is 0 Å². The van der Waals surface area contributed by atoms with E-state index in [0.29, 0.717) is 18.7 Å². The fourth-order valence-electron chi connectivity index (χ4n) is 1.74. The van der Waals surface area contributed by atoms with Gasteiger partial charge in [0.1, 0.15) is 0 Å². The lowest BCUT2D eigenvalue weighted by atomic mass is 10.2. The van der Waals surface area contributed by atoms with Gasteiger partial charge in [-0.05, 0) is 24.6 Å². The molecule has 2 N–H and O–H groups in total. The van der Waals surface area contributed by atoms with Gasteiger partial charge in [0.15, 0.2) is 0 Å². The lowest BCUT2D eigenvalue weighted by Crippen LogP contribution is -2.27. The molecule has 0 saturated carbocycles. The van der Waals surface area contributed by atoms with E-state index in [0.717, 1.165) is 0 Å². The maximum atomic E-state index is 12.1. The van der Waals surface area contributed by atoms with Crippen LogP contribution < -0.4 is 10.0 Å². The number of benzene rings is 1.